The number of thiazole rings is 1. The van der Waals surface area contributed by atoms with Crippen molar-refractivity contribution in [1.29, 1.82) is 0 Å². The quantitative estimate of drug-likeness (QED) is 0.359. The first kappa shape index (κ1) is 30.3. The molecule has 1 aromatic heterocycles. The molecule has 0 aliphatic carbocycles. The molecule has 0 bridgehead atoms. The first-order chi connectivity index (χ1) is 16.6. The molecular formula is C26H39N3O5S. The van der Waals surface area contributed by atoms with Gasteiger partial charge in [-0.2, -0.15) is 0 Å². The normalized spacial score (nSPS) is 14.2. The van der Waals surface area contributed by atoms with Gasteiger partial charge < -0.3 is 20.9 Å². The van der Waals surface area contributed by atoms with E-state index in [1.165, 1.54) is 18.3 Å². The van der Waals surface area contributed by atoms with Crippen molar-refractivity contribution in [2.24, 2.45) is 17.6 Å². The molecule has 1 heterocycles. The Bertz CT molecular complexity index is 932. The fourth-order valence-electron chi connectivity index (χ4n) is 3.34. The maximum Gasteiger partial charge on any atom is 0.306 e. The summed E-state index contributed by atoms with van der Waals surface area (Å²) in [7, 11) is 0. The number of aromatic nitrogens is 1. The lowest BCUT2D eigenvalue weighted by Crippen LogP contribution is -2.38. The van der Waals surface area contributed by atoms with Crippen LogP contribution >= 0.6 is 11.3 Å². The predicted molar refractivity (Wildman–Crippen MR) is 138 cm³/mol. The number of nitrogens with zero attached hydrogens (tertiary/aromatic N) is 1. The third-order valence-corrected chi connectivity index (χ3v) is 6.34. The van der Waals surface area contributed by atoms with E-state index in [-0.39, 0.29) is 30.1 Å². The Morgan fingerprint density at radius 3 is 2.29 bits per heavy atom. The van der Waals surface area contributed by atoms with Crippen LogP contribution in [0.3, 0.4) is 0 Å². The molecule has 9 heteroatoms. The van der Waals surface area contributed by atoms with Crippen molar-refractivity contribution in [1.82, 2.24) is 10.3 Å². The molecule has 0 fully saturated rings. The van der Waals surface area contributed by atoms with Gasteiger partial charge in [0.25, 0.3) is 5.91 Å². The first-order valence-electron chi connectivity index (χ1n) is 12.0. The van der Waals surface area contributed by atoms with Crippen LogP contribution in [0.15, 0.2) is 35.7 Å². The second-order valence-corrected chi connectivity index (χ2v) is 9.54. The van der Waals surface area contributed by atoms with E-state index in [9.17, 15) is 19.5 Å². The van der Waals surface area contributed by atoms with Crippen LogP contribution in [0.2, 0.25) is 0 Å². The van der Waals surface area contributed by atoms with Gasteiger partial charge in [0.05, 0.1) is 5.92 Å². The fraction of sp³-hybridized carbons (Fsp3) is 0.538. The van der Waals surface area contributed by atoms with Gasteiger partial charge in [0.2, 0.25) is 0 Å². The number of esters is 1. The number of carbonyl (C=O) groups is 3. The van der Waals surface area contributed by atoms with Gasteiger partial charge in [-0.25, -0.2) is 4.98 Å². The molecule has 194 valence electrons. The molecule has 0 saturated heterocycles. The molecule has 1 aromatic carbocycles. The van der Waals surface area contributed by atoms with E-state index in [1.807, 2.05) is 58.0 Å². The zero-order valence-electron chi connectivity index (χ0n) is 21.5. The number of carboxylic acids is 1. The van der Waals surface area contributed by atoms with E-state index in [0.29, 0.717) is 17.8 Å². The Balaban J connectivity index is 0.00000298. The van der Waals surface area contributed by atoms with Crippen LogP contribution in [0.1, 0.15) is 81.5 Å². The smallest absolute Gasteiger partial charge is 0.306 e. The Hall–Kier alpha value is -2.78. The molecule has 8 nitrogen and oxygen atoms in total. The van der Waals surface area contributed by atoms with Crippen LogP contribution < -0.4 is 11.1 Å². The van der Waals surface area contributed by atoms with Crippen LogP contribution in [-0.2, 0) is 20.7 Å². The maximum atomic E-state index is 12.9. The minimum absolute atomic E-state index is 0.191. The number of benzene rings is 1. The zero-order chi connectivity index (χ0) is 26.5. The van der Waals surface area contributed by atoms with E-state index in [1.54, 1.807) is 12.3 Å². The summed E-state index contributed by atoms with van der Waals surface area (Å²) in [6.45, 7) is 10.9. The van der Waals surface area contributed by atoms with E-state index in [4.69, 9.17) is 10.5 Å². The molecule has 0 aliphatic heterocycles. The minimum Gasteiger partial charge on any atom is -0.481 e. The molecule has 4 N–H and O–H groups in total. The van der Waals surface area contributed by atoms with E-state index in [0.717, 1.165) is 5.56 Å². The van der Waals surface area contributed by atoms with Crippen molar-refractivity contribution in [2.45, 2.75) is 79.0 Å². The highest BCUT2D eigenvalue weighted by Gasteiger charge is 2.26. The van der Waals surface area contributed by atoms with Gasteiger partial charge in [0.1, 0.15) is 10.7 Å². The molecule has 0 radical (unpaired) electrons. The lowest BCUT2D eigenvalue weighted by molar-refractivity contribution is -0.147. The predicted octanol–water partition coefficient (Wildman–Crippen LogP) is 4.60. The molecule has 35 heavy (non-hydrogen) atoms. The van der Waals surface area contributed by atoms with Crippen molar-refractivity contribution in [3.05, 3.63) is 52.0 Å². The molecule has 3 unspecified atom stereocenters. The summed E-state index contributed by atoms with van der Waals surface area (Å²) < 4.78 is 5.42. The van der Waals surface area contributed by atoms with Gasteiger partial charge in [0, 0.05) is 30.8 Å². The van der Waals surface area contributed by atoms with Crippen molar-refractivity contribution in [3.8, 4) is 0 Å². The summed E-state index contributed by atoms with van der Waals surface area (Å²) in [5, 5.41) is 14.4. The molecule has 4 atom stereocenters. The largest absolute Gasteiger partial charge is 0.481 e. The Morgan fingerprint density at radius 2 is 1.74 bits per heavy atom. The SMILES string of the molecule is CC.CC(=O)OC(CC(N)C(C)C)c1nc(C(=O)N[C@@H](Cc2ccccc2)CC(C)C(=O)O)cs1. The van der Waals surface area contributed by atoms with Crippen molar-refractivity contribution in [2.75, 3.05) is 0 Å². The average Bonchev–Trinajstić information content (AvgIpc) is 3.30. The van der Waals surface area contributed by atoms with Gasteiger partial charge in [0.15, 0.2) is 6.10 Å². The second kappa shape index (κ2) is 15.3. The number of carbonyl (C=O) groups excluding carboxylic acids is 2. The standard InChI is InChI=1S/C24H33N3O5S.C2H6/c1-14(2)19(25)12-21(32-16(4)28)23-27-20(13-33-23)22(29)26-18(10-15(3)24(30)31)11-17-8-6-5-7-9-17;1-2/h5-9,13-15,18-19,21H,10-12,25H2,1-4H3,(H,26,29)(H,30,31);1-2H3/t15?,18-,19?,21?;/m1./s1. The number of hydrogen-bond donors (Lipinski definition) is 3. The topological polar surface area (TPSA) is 132 Å². The number of nitrogens with one attached hydrogen (secondary N) is 1. The average molecular weight is 506 g/mol. The van der Waals surface area contributed by atoms with Gasteiger partial charge in [-0.3, -0.25) is 14.4 Å². The number of aliphatic carboxylic acids is 1. The highest BCUT2D eigenvalue weighted by molar-refractivity contribution is 7.09. The number of carboxylic acid groups (broad SMARTS) is 1. The molecule has 1 amide bonds. The van der Waals surface area contributed by atoms with Gasteiger partial charge in [-0.05, 0) is 24.3 Å². The molecule has 0 spiro atoms. The fourth-order valence-corrected chi connectivity index (χ4v) is 4.18. The summed E-state index contributed by atoms with van der Waals surface area (Å²) >= 11 is 1.23. The van der Waals surface area contributed by atoms with Crippen molar-refractivity contribution >= 4 is 29.2 Å². The number of amides is 1. The monoisotopic (exact) mass is 505 g/mol. The maximum absolute atomic E-state index is 12.9. The summed E-state index contributed by atoms with van der Waals surface area (Å²) in [5.74, 6) is -2.17. The summed E-state index contributed by atoms with van der Waals surface area (Å²) in [6, 6.07) is 9.01. The second-order valence-electron chi connectivity index (χ2n) is 8.65. The summed E-state index contributed by atoms with van der Waals surface area (Å²) in [4.78, 5) is 40.3. The third kappa shape index (κ3) is 10.6. The highest BCUT2D eigenvalue weighted by Crippen LogP contribution is 2.28. The lowest BCUT2D eigenvalue weighted by Gasteiger charge is -2.21. The van der Waals surface area contributed by atoms with Crippen molar-refractivity contribution in [3.63, 3.8) is 0 Å². The van der Waals surface area contributed by atoms with Crippen LogP contribution in [0.5, 0.6) is 0 Å². The molecule has 2 aromatic rings. The number of hydrogen-bond acceptors (Lipinski definition) is 7. The van der Waals surface area contributed by atoms with Crippen LogP contribution in [-0.4, -0.2) is 40.0 Å². The van der Waals surface area contributed by atoms with Gasteiger partial charge in [-0.15, -0.1) is 11.3 Å². The lowest BCUT2D eigenvalue weighted by atomic mass is 9.96. The highest BCUT2D eigenvalue weighted by atomic mass is 32.1. The number of nitrogens with two attached hydrogens (primary N) is 1. The van der Waals surface area contributed by atoms with Gasteiger partial charge in [-0.1, -0.05) is 65.0 Å². The Labute approximate surface area is 212 Å². The van der Waals surface area contributed by atoms with Crippen LogP contribution in [0.4, 0.5) is 0 Å². The van der Waals surface area contributed by atoms with Crippen LogP contribution in [0.25, 0.3) is 0 Å². The minimum atomic E-state index is -0.913. The number of ether oxygens (including phenoxy) is 1. The van der Waals surface area contributed by atoms with E-state index < -0.39 is 29.9 Å². The molecule has 2 rings (SSSR count). The third-order valence-electron chi connectivity index (χ3n) is 5.40. The Kier molecular flexibility index (Phi) is 13.2. The van der Waals surface area contributed by atoms with E-state index in [2.05, 4.69) is 10.3 Å². The van der Waals surface area contributed by atoms with Gasteiger partial charge >= 0.3 is 11.9 Å². The van der Waals surface area contributed by atoms with Crippen molar-refractivity contribution < 1.29 is 24.2 Å². The molecular weight excluding hydrogens is 466 g/mol. The van der Waals surface area contributed by atoms with E-state index >= 15 is 0 Å². The summed E-state index contributed by atoms with van der Waals surface area (Å²) in [5.41, 5.74) is 7.36. The van der Waals surface area contributed by atoms with Crippen LogP contribution in [0, 0.1) is 11.8 Å². The molecule has 0 saturated carbocycles. The zero-order valence-corrected chi connectivity index (χ0v) is 22.3. The molecule has 0 aliphatic rings. The summed E-state index contributed by atoms with van der Waals surface area (Å²) in [6.07, 6.45) is 0.560. The number of rotatable bonds is 12. The first-order valence-corrected chi connectivity index (χ1v) is 12.9. The Morgan fingerprint density at radius 1 is 1.11 bits per heavy atom.